The number of halogens is 4. The van der Waals surface area contributed by atoms with Crippen molar-refractivity contribution in [3.8, 4) is 5.69 Å². The predicted octanol–water partition coefficient (Wildman–Crippen LogP) is 4.09. The summed E-state index contributed by atoms with van der Waals surface area (Å²) >= 11 is 3.15. The van der Waals surface area contributed by atoms with Crippen LogP contribution in [0, 0.1) is 6.92 Å². The molecular formula is C12H10BrF3N2. The second kappa shape index (κ2) is 4.76. The summed E-state index contributed by atoms with van der Waals surface area (Å²) in [5.74, 6) is 0. The Morgan fingerprint density at radius 3 is 2.50 bits per heavy atom. The Balaban J connectivity index is 2.60. The van der Waals surface area contributed by atoms with Gasteiger partial charge in [-0.15, -0.1) is 0 Å². The molecule has 0 aliphatic rings. The lowest BCUT2D eigenvalue weighted by Crippen LogP contribution is -2.11. The lowest BCUT2D eigenvalue weighted by atomic mass is 10.1. The highest BCUT2D eigenvalue weighted by atomic mass is 79.9. The number of nitrogens with zero attached hydrogens (tertiary/aromatic N) is 2. The second-order valence-electron chi connectivity index (χ2n) is 3.88. The molecule has 0 aliphatic heterocycles. The third-order valence-electron chi connectivity index (χ3n) is 2.49. The zero-order valence-corrected chi connectivity index (χ0v) is 11.1. The van der Waals surface area contributed by atoms with Gasteiger partial charge in [-0.05, 0) is 30.7 Å². The molecule has 0 saturated carbocycles. The summed E-state index contributed by atoms with van der Waals surface area (Å²) in [6, 6.07) is 5.89. The molecule has 0 fully saturated rings. The van der Waals surface area contributed by atoms with Crippen molar-refractivity contribution in [3.05, 3.63) is 47.3 Å². The monoisotopic (exact) mass is 318 g/mol. The van der Waals surface area contributed by atoms with Crippen LogP contribution in [0.1, 0.15) is 16.8 Å². The van der Waals surface area contributed by atoms with Gasteiger partial charge >= 0.3 is 6.18 Å². The molecule has 2 nitrogen and oxygen atoms in total. The van der Waals surface area contributed by atoms with E-state index >= 15 is 0 Å². The third kappa shape index (κ3) is 2.58. The first-order valence-electron chi connectivity index (χ1n) is 5.20. The molecule has 2 aromatic rings. The second-order valence-corrected chi connectivity index (χ2v) is 4.45. The van der Waals surface area contributed by atoms with Gasteiger partial charge in [0.05, 0.1) is 16.9 Å². The molecule has 0 aliphatic carbocycles. The minimum absolute atomic E-state index is 0.0419. The van der Waals surface area contributed by atoms with E-state index in [2.05, 4.69) is 21.0 Å². The largest absolute Gasteiger partial charge is 0.418 e. The highest BCUT2D eigenvalue weighted by Crippen LogP contribution is 2.34. The van der Waals surface area contributed by atoms with Crippen molar-refractivity contribution in [2.75, 3.05) is 0 Å². The number of rotatable bonds is 2. The smallest absolute Gasteiger partial charge is 0.240 e. The molecule has 0 spiro atoms. The average Bonchev–Trinajstić information content (AvgIpc) is 2.74. The van der Waals surface area contributed by atoms with Crippen molar-refractivity contribution in [3.63, 3.8) is 0 Å². The fourth-order valence-corrected chi connectivity index (χ4v) is 1.99. The van der Waals surface area contributed by atoms with Crippen molar-refractivity contribution in [2.24, 2.45) is 0 Å². The Bertz CT molecular complexity index is 561. The van der Waals surface area contributed by atoms with Gasteiger partial charge in [0, 0.05) is 11.5 Å². The van der Waals surface area contributed by atoms with Crippen LogP contribution in [-0.2, 0) is 11.5 Å². The topological polar surface area (TPSA) is 17.8 Å². The van der Waals surface area contributed by atoms with Crippen LogP contribution in [-0.4, -0.2) is 9.78 Å². The van der Waals surface area contributed by atoms with Crippen molar-refractivity contribution in [1.82, 2.24) is 9.78 Å². The lowest BCUT2D eigenvalue weighted by molar-refractivity contribution is -0.137. The minimum Gasteiger partial charge on any atom is -0.240 e. The molecule has 6 heteroatoms. The Kier molecular flexibility index (Phi) is 3.47. The van der Waals surface area contributed by atoms with Crippen LogP contribution in [0.3, 0.4) is 0 Å². The number of hydrogen-bond acceptors (Lipinski definition) is 1. The zero-order valence-electron chi connectivity index (χ0n) is 9.50. The molecular weight excluding hydrogens is 309 g/mol. The Labute approximate surface area is 111 Å². The Morgan fingerprint density at radius 2 is 2.00 bits per heavy atom. The SMILES string of the molecule is Cc1ccn(-c2ccc(CBr)cc2C(F)(F)F)n1. The van der Waals surface area contributed by atoms with Gasteiger partial charge in [0.15, 0.2) is 0 Å². The van der Waals surface area contributed by atoms with Crippen LogP contribution in [0.25, 0.3) is 5.69 Å². The standard InChI is InChI=1S/C12H10BrF3N2/c1-8-4-5-18(17-8)11-3-2-9(7-13)6-10(11)12(14,15)16/h2-6H,7H2,1H3. The maximum absolute atomic E-state index is 13.0. The maximum atomic E-state index is 13.0. The van der Waals surface area contributed by atoms with E-state index in [0.717, 1.165) is 6.07 Å². The average molecular weight is 319 g/mol. The summed E-state index contributed by atoms with van der Waals surface area (Å²) in [4.78, 5) is 0. The molecule has 1 aromatic carbocycles. The van der Waals surface area contributed by atoms with Gasteiger partial charge in [-0.25, -0.2) is 4.68 Å². The van der Waals surface area contributed by atoms with Crippen molar-refractivity contribution >= 4 is 15.9 Å². The van der Waals surface area contributed by atoms with Crippen LogP contribution in [0.15, 0.2) is 30.5 Å². The molecule has 96 valence electrons. The van der Waals surface area contributed by atoms with Crippen molar-refractivity contribution in [1.29, 1.82) is 0 Å². The van der Waals surface area contributed by atoms with Crippen LogP contribution >= 0.6 is 15.9 Å². The number of aryl methyl sites for hydroxylation is 1. The molecule has 1 aromatic heterocycles. The highest BCUT2D eigenvalue weighted by Gasteiger charge is 2.34. The first-order chi connectivity index (χ1) is 8.41. The molecule has 0 saturated heterocycles. The van der Waals surface area contributed by atoms with Gasteiger partial charge < -0.3 is 0 Å². The van der Waals surface area contributed by atoms with E-state index in [9.17, 15) is 13.2 Å². The van der Waals surface area contributed by atoms with Gasteiger partial charge in [-0.1, -0.05) is 22.0 Å². The molecule has 0 N–H and O–H groups in total. The Morgan fingerprint density at radius 1 is 1.28 bits per heavy atom. The van der Waals surface area contributed by atoms with Crippen LogP contribution in [0.2, 0.25) is 0 Å². The van der Waals surface area contributed by atoms with E-state index in [1.54, 1.807) is 19.1 Å². The molecule has 0 unspecified atom stereocenters. The quantitative estimate of drug-likeness (QED) is 0.762. The lowest BCUT2D eigenvalue weighted by Gasteiger charge is -2.14. The predicted molar refractivity (Wildman–Crippen MR) is 65.9 cm³/mol. The minimum atomic E-state index is -4.40. The van der Waals surface area contributed by atoms with Crippen LogP contribution in [0.5, 0.6) is 0 Å². The van der Waals surface area contributed by atoms with Gasteiger partial charge in [0.1, 0.15) is 0 Å². The fraction of sp³-hybridized carbons (Fsp3) is 0.250. The van der Waals surface area contributed by atoms with E-state index in [4.69, 9.17) is 0 Å². The summed E-state index contributed by atoms with van der Waals surface area (Å²) in [5, 5.41) is 4.40. The van der Waals surface area contributed by atoms with E-state index < -0.39 is 11.7 Å². The molecule has 0 amide bonds. The van der Waals surface area contributed by atoms with E-state index in [1.165, 1.54) is 16.9 Å². The van der Waals surface area contributed by atoms with Crippen LogP contribution in [0.4, 0.5) is 13.2 Å². The molecule has 2 rings (SSSR count). The highest BCUT2D eigenvalue weighted by molar-refractivity contribution is 9.08. The van der Waals surface area contributed by atoms with Gasteiger partial charge in [0.2, 0.25) is 0 Å². The first kappa shape index (κ1) is 13.1. The van der Waals surface area contributed by atoms with Gasteiger partial charge in [-0.3, -0.25) is 0 Å². The van der Waals surface area contributed by atoms with E-state index in [1.807, 2.05) is 0 Å². The Hall–Kier alpha value is -1.30. The molecule has 0 atom stereocenters. The maximum Gasteiger partial charge on any atom is 0.418 e. The number of benzene rings is 1. The normalized spacial score (nSPS) is 11.8. The van der Waals surface area contributed by atoms with Crippen LogP contribution < -0.4 is 0 Å². The zero-order chi connectivity index (χ0) is 13.3. The summed E-state index contributed by atoms with van der Waals surface area (Å²) in [6.45, 7) is 1.73. The third-order valence-corrected chi connectivity index (χ3v) is 3.14. The number of hydrogen-bond donors (Lipinski definition) is 0. The molecule has 0 bridgehead atoms. The number of aromatic nitrogens is 2. The fourth-order valence-electron chi connectivity index (χ4n) is 1.64. The summed E-state index contributed by atoms with van der Waals surface area (Å²) in [6.07, 6.45) is -2.87. The van der Waals surface area contributed by atoms with Crippen molar-refractivity contribution < 1.29 is 13.2 Å². The molecule has 0 radical (unpaired) electrons. The summed E-state index contributed by atoms with van der Waals surface area (Å²) in [5.41, 5.74) is 0.616. The molecule has 1 heterocycles. The molecule has 18 heavy (non-hydrogen) atoms. The van der Waals surface area contributed by atoms with Gasteiger partial charge in [0.25, 0.3) is 0 Å². The van der Waals surface area contributed by atoms with E-state index in [0.29, 0.717) is 16.6 Å². The van der Waals surface area contributed by atoms with E-state index in [-0.39, 0.29) is 5.69 Å². The van der Waals surface area contributed by atoms with Gasteiger partial charge in [-0.2, -0.15) is 18.3 Å². The number of alkyl halides is 4. The first-order valence-corrected chi connectivity index (χ1v) is 6.32. The van der Waals surface area contributed by atoms with Crippen molar-refractivity contribution in [2.45, 2.75) is 18.4 Å². The summed E-state index contributed by atoms with van der Waals surface area (Å²) < 4.78 is 40.2. The summed E-state index contributed by atoms with van der Waals surface area (Å²) in [7, 11) is 0.